The number of primary amides is 2. The minimum atomic E-state index is -0.834. The van der Waals surface area contributed by atoms with E-state index in [0.717, 1.165) is 0 Å². The van der Waals surface area contributed by atoms with E-state index in [1.54, 1.807) is 0 Å². The van der Waals surface area contributed by atoms with Crippen LogP contribution in [0.3, 0.4) is 0 Å². The second kappa shape index (κ2) is 9.23. The van der Waals surface area contributed by atoms with Crippen LogP contribution in [0, 0.1) is 17.1 Å². The van der Waals surface area contributed by atoms with E-state index < -0.39 is 23.7 Å². The maximum Gasteiger partial charge on any atom is 0.250 e. The molecule has 1 rings (SSSR count). The average molecular weight is 381 g/mol. The molecule has 0 aromatic heterocycles. The Morgan fingerprint density at radius 3 is 2.42 bits per heavy atom. The van der Waals surface area contributed by atoms with Gasteiger partial charge >= 0.3 is 0 Å². The van der Waals surface area contributed by atoms with Gasteiger partial charge in [0.15, 0.2) is 5.82 Å². The second-order valence-corrected chi connectivity index (χ2v) is 6.76. The largest absolute Gasteiger partial charge is 0.371 e. The molecule has 0 bridgehead atoms. The molecule has 0 heterocycles. The summed E-state index contributed by atoms with van der Waals surface area (Å²) in [5.74, 6) is -2.09. The van der Waals surface area contributed by atoms with Gasteiger partial charge < -0.3 is 27.5 Å². The molecular formula is C17H24FN5O2S. The molecule has 0 fully saturated rings. The molecule has 1 aromatic carbocycles. The number of benzene rings is 1. The van der Waals surface area contributed by atoms with Crippen molar-refractivity contribution in [1.29, 1.82) is 5.41 Å². The van der Waals surface area contributed by atoms with Crippen molar-refractivity contribution in [2.45, 2.75) is 33.2 Å². The van der Waals surface area contributed by atoms with Crippen molar-refractivity contribution in [2.75, 3.05) is 10.6 Å². The van der Waals surface area contributed by atoms with Crippen LogP contribution in [0.2, 0.25) is 0 Å². The van der Waals surface area contributed by atoms with Gasteiger partial charge in [-0.05, 0) is 37.5 Å². The zero-order valence-electron chi connectivity index (χ0n) is 14.9. The Kier molecular flexibility index (Phi) is 7.63. The fourth-order valence-electron chi connectivity index (χ4n) is 2.29. The first-order chi connectivity index (χ1) is 12.0. The highest BCUT2D eigenvalue weighted by atomic mass is 32.1. The lowest BCUT2D eigenvalue weighted by Crippen LogP contribution is -2.36. The summed E-state index contributed by atoms with van der Waals surface area (Å²) in [5, 5.41) is 13.0. The van der Waals surface area contributed by atoms with E-state index in [2.05, 4.69) is 23.3 Å². The molecule has 1 aromatic rings. The first-order valence-electron chi connectivity index (χ1n) is 7.93. The number of halogens is 1. The monoisotopic (exact) mass is 381 g/mol. The fraction of sp³-hybridized carbons (Fsp3) is 0.353. The predicted octanol–water partition coefficient (Wildman–Crippen LogP) is 2.46. The van der Waals surface area contributed by atoms with Gasteiger partial charge in [-0.2, -0.15) is 0 Å². The summed E-state index contributed by atoms with van der Waals surface area (Å²) in [4.78, 5) is 23.2. The number of nitrogens with two attached hydrogens (primary N) is 2. The van der Waals surface area contributed by atoms with Gasteiger partial charge in [-0.25, -0.2) is 4.39 Å². The normalized spacial score (nSPS) is 12.6. The minimum absolute atomic E-state index is 0.00495. The van der Waals surface area contributed by atoms with Crippen LogP contribution in [-0.4, -0.2) is 23.6 Å². The number of hydrogen-bond donors (Lipinski definition) is 6. The quantitative estimate of drug-likeness (QED) is 0.289. The van der Waals surface area contributed by atoms with Crippen LogP contribution < -0.4 is 22.1 Å². The first kappa shape index (κ1) is 21.5. The highest BCUT2D eigenvalue weighted by Gasteiger charge is 2.22. The number of carbonyl (C=O) groups is 2. The lowest BCUT2D eigenvalue weighted by Gasteiger charge is -2.21. The summed E-state index contributed by atoms with van der Waals surface area (Å²) in [5.41, 5.74) is 10.6. The number of rotatable bonds is 9. The predicted molar refractivity (Wildman–Crippen MR) is 105 cm³/mol. The molecule has 2 amide bonds. The summed E-state index contributed by atoms with van der Waals surface area (Å²) in [6, 6.07) is 1.88. The van der Waals surface area contributed by atoms with Gasteiger partial charge in [0.25, 0.3) is 5.91 Å². The van der Waals surface area contributed by atoms with Crippen molar-refractivity contribution in [2.24, 2.45) is 17.4 Å². The van der Waals surface area contributed by atoms with Crippen LogP contribution in [-0.2, 0) is 4.79 Å². The van der Waals surface area contributed by atoms with Crippen molar-refractivity contribution in [3.63, 3.8) is 0 Å². The molecule has 9 heteroatoms. The standard InChI is InChI=1S/C17H24FN5O2S/c1-8(2)6-12(17(21)25)22-11-5-4-10(16(20)24)15(14(11)18)23-13(26)7-9(3)19/h4-5,7-8,12,19,22-23,26H,6H2,1-3H3,(H2,20,24)(H2,21,25)/b13-7-,19-9?/t12-/m1/s1. The van der Waals surface area contributed by atoms with E-state index in [9.17, 15) is 14.0 Å². The molecule has 7 N–H and O–H groups in total. The van der Waals surface area contributed by atoms with Crippen LogP contribution in [0.5, 0.6) is 0 Å². The van der Waals surface area contributed by atoms with Crippen LogP contribution in [0.25, 0.3) is 0 Å². The molecular weight excluding hydrogens is 357 g/mol. The number of amides is 2. The SMILES string of the molecule is CC(=N)/C=C(\S)Nc1c(C(N)=O)ccc(N[C@H](CC(C)C)C(N)=O)c1F. The lowest BCUT2D eigenvalue weighted by molar-refractivity contribution is -0.119. The van der Waals surface area contributed by atoms with E-state index in [1.165, 1.54) is 25.1 Å². The molecule has 7 nitrogen and oxygen atoms in total. The van der Waals surface area contributed by atoms with E-state index in [-0.39, 0.29) is 33.6 Å². The molecule has 0 unspecified atom stereocenters. The smallest absolute Gasteiger partial charge is 0.250 e. The first-order valence-corrected chi connectivity index (χ1v) is 8.38. The summed E-state index contributed by atoms with van der Waals surface area (Å²) in [6.07, 6.45) is 1.76. The van der Waals surface area contributed by atoms with E-state index in [4.69, 9.17) is 16.9 Å². The Bertz CT molecular complexity index is 749. The maximum atomic E-state index is 15.0. The van der Waals surface area contributed by atoms with Crippen LogP contribution in [0.4, 0.5) is 15.8 Å². The molecule has 0 saturated carbocycles. The van der Waals surface area contributed by atoms with Gasteiger partial charge in [-0.15, -0.1) is 12.6 Å². The second-order valence-electron chi connectivity index (χ2n) is 6.28. The summed E-state index contributed by atoms with van der Waals surface area (Å²) >= 11 is 4.12. The Morgan fingerprint density at radius 2 is 1.96 bits per heavy atom. The number of thiol groups is 1. The molecule has 0 aliphatic heterocycles. The third kappa shape index (κ3) is 6.07. The highest BCUT2D eigenvalue weighted by molar-refractivity contribution is 7.84. The van der Waals surface area contributed by atoms with Crippen molar-refractivity contribution < 1.29 is 14.0 Å². The van der Waals surface area contributed by atoms with Crippen LogP contribution in [0.15, 0.2) is 23.2 Å². The number of hydrogen-bond acceptors (Lipinski definition) is 6. The van der Waals surface area contributed by atoms with Gasteiger partial charge in [0.1, 0.15) is 6.04 Å². The minimum Gasteiger partial charge on any atom is -0.371 e. The van der Waals surface area contributed by atoms with Gasteiger partial charge in [-0.3, -0.25) is 9.59 Å². The Labute approximate surface area is 157 Å². The van der Waals surface area contributed by atoms with Crippen molar-refractivity contribution in [3.8, 4) is 0 Å². The van der Waals surface area contributed by atoms with Gasteiger partial charge in [0.05, 0.1) is 22.0 Å². The zero-order valence-corrected chi connectivity index (χ0v) is 15.8. The topological polar surface area (TPSA) is 134 Å². The Morgan fingerprint density at radius 1 is 1.35 bits per heavy atom. The maximum absolute atomic E-state index is 15.0. The molecule has 0 saturated heterocycles. The van der Waals surface area contributed by atoms with E-state index in [0.29, 0.717) is 6.42 Å². The van der Waals surface area contributed by atoms with Crippen LogP contribution in [0.1, 0.15) is 37.6 Å². The molecule has 0 aliphatic rings. The number of anilines is 2. The number of allylic oxidation sites excluding steroid dienone is 1. The van der Waals surface area contributed by atoms with E-state index in [1.807, 2.05) is 13.8 Å². The van der Waals surface area contributed by atoms with Crippen molar-refractivity contribution in [3.05, 3.63) is 34.6 Å². The van der Waals surface area contributed by atoms with Crippen molar-refractivity contribution in [1.82, 2.24) is 0 Å². The highest BCUT2D eigenvalue weighted by Crippen LogP contribution is 2.29. The Hall–Kier alpha value is -2.55. The molecule has 142 valence electrons. The van der Waals surface area contributed by atoms with Gasteiger partial charge in [0, 0.05) is 5.71 Å². The number of nitrogens with one attached hydrogen (secondary N) is 3. The Balaban J connectivity index is 3.31. The lowest BCUT2D eigenvalue weighted by atomic mass is 10.0. The van der Waals surface area contributed by atoms with Gasteiger partial charge in [-0.1, -0.05) is 13.8 Å². The summed E-state index contributed by atoms with van der Waals surface area (Å²) in [6.45, 7) is 5.34. The third-order valence-electron chi connectivity index (χ3n) is 3.39. The van der Waals surface area contributed by atoms with Crippen LogP contribution >= 0.6 is 12.6 Å². The molecule has 0 radical (unpaired) electrons. The fourth-order valence-corrected chi connectivity index (χ4v) is 2.60. The molecule has 26 heavy (non-hydrogen) atoms. The van der Waals surface area contributed by atoms with Crippen molar-refractivity contribution >= 4 is 41.5 Å². The summed E-state index contributed by atoms with van der Waals surface area (Å²) < 4.78 is 15.0. The third-order valence-corrected chi connectivity index (χ3v) is 3.63. The number of carbonyl (C=O) groups excluding carboxylic acids is 2. The average Bonchev–Trinajstić information content (AvgIpc) is 2.48. The van der Waals surface area contributed by atoms with Gasteiger partial charge in [0.2, 0.25) is 5.91 Å². The molecule has 0 aliphatic carbocycles. The summed E-state index contributed by atoms with van der Waals surface area (Å²) in [7, 11) is 0. The molecule has 1 atom stereocenters. The molecule has 0 spiro atoms. The zero-order chi connectivity index (χ0) is 20.0. The van der Waals surface area contributed by atoms with E-state index >= 15 is 0 Å².